The number of rotatable bonds is 16. The number of anilines is 1. The second-order valence-electron chi connectivity index (χ2n) is 15.0. The Hall–Kier alpha value is -3.38. The van der Waals surface area contributed by atoms with Gasteiger partial charge in [-0.15, -0.1) is 0 Å². The van der Waals surface area contributed by atoms with E-state index in [1.54, 1.807) is 28.1 Å². The highest BCUT2D eigenvalue weighted by molar-refractivity contribution is 5.80. The fourth-order valence-corrected chi connectivity index (χ4v) is 7.25. The molecule has 11 nitrogen and oxygen atoms in total. The molecule has 49 heavy (non-hydrogen) atoms. The van der Waals surface area contributed by atoms with Crippen molar-refractivity contribution in [1.29, 1.82) is 0 Å². The molecule has 272 valence electrons. The lowest BCUT2D eigenvalue weighted by Gasteiger charge is -2.59. The van der Waals surface area contributed by atoms with Crippen molar-refractivity contribution in [3.8, 4) is 5.75 Å². The number of nitrogens with two attached hydrogens (primary N) is 1. The third-order valence-electron chi connectivity index (χ3n) is 10.2. The summed E-state index contributed by atoms with van der Waals surface area (Å²) in [6.07, 6.45) is 0.162. The lowest BCUT2D eigenvalue weighted by molar-refractivity contribution is -0.137. The van der Waals surface area contributed by atoms with E-state index in [0.29, 0.717) is 46.1 Å². The molecule has 0 bridgehead atoms. The average Bonchev–Trinajstić information content (AvgIpc) is 3.05. The Bertz CT molecular complexity index is 1390. The first-order valence-electron chi connectivity index (χ1n) is 17.3. The molecule has 11 heteroatoms. The second kappa shape index (κ2) is 16.6. The van der Waals surface area contributed by atoms with Crippen molar-refractivity contribution in [2.75, 3.05) is 65.2 Å². The molecule has 0 aliphatic carbocycles. The van der Waals surface area contributed by atoms with Crippen molar-refractivity contribution >= 4 is 17.7 Å². The number of fused-ring (bicyclic) bond motifs is 1. The number of piperidine rings is 1. The molecule has 2 aromatic carbocycles. The predicted octanol–water partition coefficient (Wildman–Crippen LogP) is 5.82. The molecule has 2 amide bonds. The maximum atomic E-state index is 13.1. The van der Waals surface area contributed by atoms with Crippen LogP contribution < -0.4 is 15.4 Å². The van der Waals surface area contributed by atoms with Crippen molar-refractivity contribution in [3.63, 3.8) is 0 Å². The van der Waals surface area contributed by atoms with E-state index in [0.717, 1.165) is 47.6 Å². The van der Waals surface area contributed by atoms with Gasteiger partial charge in [0.15, 0.2) is 0 Å². The zero-order valence-electron chi connectivity index (χ0n) is 30.5. The van der Waals surface area contributed by atoms with Gasteiger partial charge in [-0.1, -0.05) is 65.0 Å². The first-order valence-corrected chi connectivity index (χ1v) is 17.3. The van der Waals surface area contributed by atoms with Crippen molar-refractivity contribution < 1.29 is 38.4 Å². The number of carboxylic acid groups (broad SMARTS) is 1. The van der Waals surface area contributed by atoms with Crippen LogP contribution in [0.25, 0.3) is 0 Å². The molecule has 2 aliphatic rings. The van der Waals surface area contributed by atoms with E-state index in [-0.39, 0.29) is 18.9 Å². The van der Waals surface area contributed by atoms with Gasteiger partial charge in [-0.25, -0.2) is 4.79 Å². The van der Waals surface area contributed by atoms with Gasteiger partial charge in [-0.05, 0) is 53.5 Å². The first kappa shape index (κ1) is 38.4. The second-order valence-corrected chi connectivity index (χ2v) is 15.0. The SMILES string of the molecule is COCCCN1CCOc2ccc(CO[C@H]3CN(C(=O)O)[C@@](CC(C)(C)C(N)=O)(C(C)(C)C)C[C@@H]3c3ccc(COCCOC)cc3)cc21. The Kier molecular flexibility index (Phi) is 13.0. The molecule has 0 spiro atoms. The summed E-state index contributed by atoms with van der Waals surface area (Å²) < 4.78 is 28.8. The minimum atomic E-state index is -1.04. The zero-order chi connectivity index (χ0) is 35.8. The summed E-state index contributed by atoms with van der Waals surface area (Å²) in [6.45, 7) is 14.7. The van der Waals surface area contributed by atoms with Crippen LogP contribution in [-0.4, -0.2) is 93.9 Å². The average molecular weight is 684 g/mol. The molecule has 2 aromatic rings. The highest BCUT2D eigenvalue weighted by atomic mass is 16.5. The maximum absolute atomic E-state index is 13.1. The molecule has 0 radical (unpaired) electrons. The minimum absolute atomic E-state index is 0.144. The number of methoxy groups -OCH3 is 2. The number of hydrogen-bond acceptors (Lipinski definition) is 8. The van der Waals surface area contributed by atoms with Crippen LogP contribution in [-0.2, 0) is 37.0 Å². The normalized spacial score (nSPS) is 21.3. The van der Waals surface area contributed by atoms with Crippen molar-refractivity contribution in [1.82, 2.24) is 4.90 Å². The van der Waals surface area contributed by atoms with Crippen LogP contribution in [0, 0.1) is 10.8 Å². The first-order chi connectivity index (χ1) is 23.2. The number of likely N-dealkylation sites (tertiary alicyclic amines) is 1. The number of primary amides is 1. The Morgan fingerprint density at radius 1 is 0.980 bits per heavy atom. The number of ether oxygens (including phenoxy) is 5. The highest BCUT2D eigenvalue weighted by Gasteiger charge is 2.57. The molecule has 4 rings (SSSR count). The number of amides is 2. The van der Waals surface area contributed by atoms with E-state index in [2.05, 4.69) is 35.2 Å². The molecule has 1 fully saturated rings. The van der Waals surface area contributed by atoms with Crippen molar-refractivity contribution in [3.05, 3.63) is 59.2 Å². The largest absolute Gasteiger partial charge is 0.490 e. The topological polar surface area (TPSA) is 133 Å². The molecular weight excluding hydrogens is 626 g/mol. The third-order valence-corrected chi connectivity index (χ3v) is 10.2. The summed E-state index contributed by atoms with van der Waals surface area (Å²) in [7, 11) is 3.36. The molecule has 0 unspecified atom stereocenters. The van der Waals surface area contributed by atoms with Crippen LogP contribution in [0.15, 0.2) is 42.5 Å². The summed E-state index contributed by atoms with van der Waals surface area (Å²) in [6, 6.07) is 14.4. The van der Waals surface area contributed by atoms with Crippen molar-refractivity contribution in [2.45, 2.75) is 84.7 Å². The molecule has 2 heterocycles. The summed E-state index contributed by atoms with van der Waals surface area (Å²) in [5.74, 6) is 0.230. The van der Waals surface area contributed by atoms with E-state index >= 15 is 0 Å². The number of carbonyl (C=O) groups excluding carboxylic acids is 1. The van der Waals surface area contributed by atoms with Gasteiger partial charge >= 0.3 is 6.09 Å². The van der Waals surface area contributed by atoms with Crippen LogP contribution in [0.3, 0.4) is 0 Å². The Morgan fingerprint density at radius 3 is 2.31 bits per heavy atom. The fourth-order valence-electron chi connectivity index (χ4n) is 7.25. The maximum Gasteiger partial charge on any atom is 0.407 e. The van der Waals surface area contributed by atoms with Gasteiger partial charge in [0.25, 0.3) is 0 Å². The van der Waals surface area contributed by atoms with Gasteiger partial charge < -0.3 is 39.4 Å². The summed E-state index contributed by atoms with van der Waals surface area (Å²) >= 11 is 0. The molecule has 0 aromatic heterocycles. The van der Waals surface area contributed by atoms with Gasteiger partial charge in [0.2, 0.25) is 5.91 Å². The van der Waals surface area contributed by atoms with Crippen molar-refractivity contribution in [2.24, 2.45) is 16.6 Å². The molecule has 0 saturated carbocycles. The van der Waals surface area contributed by atoms with Crippen LogP contribution in [0.2, 0.25) is 0 Å². The monoisotopic (exact) mass is 683 g/mol. The van der Waals surface area contributed by atoms with Gasteiger partial charge in [-0.2, -0.15) is 0 Å². The van der Waals surface area contributed by atoms with Crippen LogP contribution in [0.4, 0.5) is 10.5 Å². The predicted molar refractivity (Wildman–Crippen MR) is 189 cm³/mol. The number of nitrogens with zero attached hydrogens (tertiary/aromatic N) is 2. The van der Waals surface area contributed by atoms with E-state index in [1.807, 2.05) is 32.9 Å². The summed E-state index contributed by atoms with van der Waals surface area (Å²) in [5, 5.41) is 10.7. The number of carbonyl (C=O) groups is 2. The van der Waals surface area contributed by atoms with E-state index in [9.17, 15) is 14.7 Å². The minimum Gasteiger partial charge on any atom is -0.490 e. The lowest BCUT2D eigenvalue weighted by atomic mass is 9.58. The van der Waals surface area contributed by atoms with Gasteiger partial charge in [0.05, 0.1) is 56.8 Å². The van der Waals surface area contributed by atoms with Crippen LogP contribution in [0.5, 0.6) is 5.75 Å². The quantitative estimate of drug-likeness (QED) is 0.210. The van der Waals surface area contributed by atoms with Gasteiger partial charge in [0.1, 0.15) is 12.4 Å². The Morgan fingerprint density at radius 2 is 1.67 bits per heavy atom. The van der Waals surface area contributed by atoms with E-state index in [1.165, 1.54) is 4.90 Å². The smallest absolute Gasteiger partial charge is 0.407 e. The fraction of sp³-hybridized carbons (Fsp3) is 0.632. The van der Waals surface area contributed by atoms with Gasteiger partial charge in [0, 0.05) is 38.7 Å². The zero-order valence-corrected chi connectivity index (χ0v) is 30.5. The Balaban J connectivity index is 1.67. The number of benzene rings is 2. The number of hydrogen-bond donors (Lipinski definition) is 2. The molecule has 1 saturated heterocycles. The molecular formula is C38H57N3O8. The standard InChI is InChI=1S/C38H57N3O8/c1-36(2,3)38(26-37(4,5)34(39)42)22-30(29-12-9-27(10-13-29)24-47-20-19-46-7)33(23-41(38)35(43)44)49-25-28-11-14-32-31(21-28)40(16-18-48-32)15-8-17-45-6/h9-14,21,30,33H,8,15-20,22-26H2,1-7H3,(H2,39,42)(H,43,44)/t30-,33+,38+/m1/s1. The third kappa shape index (κ3) is 9.25. The molecule has 2 aliphatic heterocycles. The molecule has 3 atom stereocenters. The van der Waals surface area contributed by atoms with Gasteiger partial charge in [-0.3, -0.25) is 9.69 Å². The van der Waals surface area contributed by atoms with Crippen LogP contribution >= 0.6 is 0 Å². The van der Waals surface area contributed by atoms with E-state index < -0.39 is 34.5 Å². The summed E-state index contributed by atoms with van der Waals surface area (Å²) in [5.41, 5.74) is 7.60. The van der Waals surface area contributed by atoms with Crippen LogP contribution in [0.1, 0.15) is 76.5 Å². The lowest BCUT2D eigenvalue weighted by Crippen LogP contribution is -2.67. The Labute approximate surface area is 292 Å². The van der Waals surface area contributed by atoms with E-state index in [4.69, 9.17) is 29.4 Å². The molecule has 3 N–H and O–H groups in total. The highest BCUT2D eigenvalue weighted by Crippen LogP contribution is 2.53. The summed E-state index contributed by atoms with van der Waals surface area (Å²) in [4.78, 5) is 29.6.